The number of benzene rings is 3. The molecule has 1 aromatic heterocycles. The van der Waals surface area contributed by atoms with Gasteiger partial charge in [0, 0.05) is 5.56 Å². The third-order valence-electron chi connectivity index (χ3n) is 5.11. The Bertz CT molecular complexity index is 1200. The summed E-state index contributed by atoms with van der Waals surface area (Å²) in [6.07, 6.45) is 0. The molecule has 0 aliphatic rings. The molecule has 0 saturated heterocycles. The fourth-order valence-electron chi connectivity index (χ4n) is 3.47. The van der Waals surface area contributed by atoms with Crippen LogP contribution in [-0.2, 0) is 16.8 Å². The number of anilines is 1. The Kier molecular flexibility index (Phi) is 5.12. The van der Waals surface area contributed by atoms with E-state index in [0.29, 0.717) is 5.82 Å². The van der Waals surface area contributed by atoms with Crippen molar-refractivity contribution in [2.45, 2.75) is 32.7 Å². The number of hydrogen-bond acceptors (Lipinski definition) is 2. The van der Waals surface area contributed by atoms with Crippen molar-refractivity contribution in [3.63, 3.8) is 0 Å². The predicted octanol–water partition coefficient (Wildman–Crippen LogP) is 5.78. The molecule has 1 N–H and O–H groups in total. The van der Waals surface area contributed by atoms with Crippen LogP contribution in [0.1, 0.15) is 26.3 Å². The molecule has 0 aliphatic carbocycles. The summed E-state index contributed by atoms with van der Waals surface area (Å²) in [5.74, 6) is -0.0597. The van der Waals surface area contributed by atoms with Gasteiger partial charge in [0.05, 0.1) is 16.7 Å². The number of hydrogen-bond donors (Lipinski definition) is 1. The molecule has 152 valence electrons. The lowest BCUT2D eigenvalue weighted by Gasteiger charge is -2.19. The number of halogens is 1. The monoisotopic (exact) mass is 401 g/mol. The minimum atomic E-state index is -0.459. The summed E-state index contributed by atoms with van der Waals surface area (Å²) < 4.78 is 15.8. The Morgan fingerprint density at radius 2 is 1.63 bits per heavy atom. The number of para-hydroxylation sites is 3. The van der Waals surface area contributed by atoms with Crippen molar-refractivity contribution in [3.05, 3.63) is 84.2 Å². The van der Waals surface area contributed by atoms with Crippen molar-refractivity contribution in [1.82, 2.24) is 9.55 Å². The average molecular weight is 401 g/mol. The van der Waals surface area contributed by atoms with Crippen LogP contribution in [0.15, 0.2) is 72.8 Å². The number of amides is 1. The van der Waals surface area contributed by atoms with Crippen LogP contribution in [-0.4, -0.2) is 15.5 Å². The standard InChI is InChI=1S/C25H24FN3O/c1-25(2,3)18-14-12-17(13-15-18)24-28-21-10-6-7-11-22(21)29(24)16-23(30)27-20-9-5-4-8-19(20)26/h4-15H,16H2,1-3H3,(H,27,30). The first-order valence-corrected chi connectivity index (χ1v) is 9.93. The van der Waals surface area contributed by atoms with E-state index in [1.165, 1.54) is 11.6 Å². The van der Waals surface area contributed by atoms with E-state index >= 15 is 0 Å². The largest absolute Gasteiger partial charge is 0.322 e. The van der Waals surface area contributed by atoms with Gasteiger partial charge in [-0.2, -0.15) is 0 Å². The number of carbonyl (C=O) groups excluding carboxylic acids is 1. The molecule has 1 heterocycles. The highest BCUT2D eigenvalue weighted by atomic mass is 19.1. The molecular weight excluding hydrogens is 377 g/mol. The van der Waals surface area contributed by atoms with Gasteiger partial charge in [-0.05, 0) is 35.2 Å². The first-order chi connectivity index (χ1) is 14.3. The molecular formula is C25H24FN3O. The molecule has 4 nitrogen and oxygen atoms in total. The molecule has 0 aliphatic heterocycles. The average Bonchev–Trinajstić information content (AvgIpc) is 3.08. The molecule has 3 aromatic carbocycles. The Morgan fingerprint density at radius 1 is 0.967 bits per heavy atom. The predicted molar refractivity (Wildman–Crippen MR) is 119 cm³/mol. The third kappa shape index (κ3) is 3.96. The van der Waals surface area contributed by atoms with E-state index in [1.807, 2.05) is 41.0 Å². The van der Waals surface area contributed by atoms with Crippen LogP contribution in [0, 0.1) is 5.82 Å². The topological polar surface area (TPSA) is 46.9 Å². The lowest BCUT2D eigenvalue weighted by atomic mass is 9.87. The molecule has 0 bridgehead atoms. The van der Waals surface area contributed by atoms with Crippen LogP contribution in [0.2, 0.25) is 0 Å². The molecule has 0 radical (unpaired) electrons. The van der Waals surface area contributed by atoms with Crippen molar-refractivity contribution < 1.29 is 9.18 Å². The second kappa shape index (κ2) is 7.75. The second-order valence-corrected chi connectivity index (χ2v) is 8.37. The zero-order valence-corrected chi connectivity index (χ0v) is 17.3. The van der Waals surface area contributed by atoms with E-state index < -0.39 is 5.82 Å². The first kappa shape index (κ1) is 19.8. The maximum absolute atomic E-state index is 13.9. The van der Waals surface area contributed by atoms with Crippen molar-refractivity contribution in [2.75, 3.05) is 5.32 Å². The van der Waals surface area contributed by atoms with E-state index in [1.54, 1.807) is 18.2 Å². The Morgan fingerprint density at radius 3 is 2.33 bits per heavy atom. The smallest absolute Gasteiger partial charge is 0.244 e. The second-order valence-electron chi connectivity index (χ2n) is 8.37. The van der Waals surface area contributed by atoms with Crippen LogP contribution < -0.4 is 5.32 Å². The van der Waals surface area contributed by atoms with Crippen LogP contribution in [0.4, 0.5) is 10.1 Å². The van der Waals surface area contributed by atoms with Gasteiger partial charge in [0.15, 0.2) is 0 Å². The minimum Gasteiger partial charge on any atom is -0.322 e. The van der Waals surface area contributed by atoms with Gasteiger partial charge in [-0.3, -0.25) is 4.79 Å². The highest BCUT2D eigenvalue weighted by Crippen LogP contribution is 2.28. The maximum atomic E-state index is 13.9. The molecule has 4 rings (SSSR count). The number of aromatic nitrogens is 2. The normalized spacial score (nSPS) is 11.6. The summed E-state index contributed by atoms with van der Waals surface area (Å²) in [4.78, 5) is 17.5. The Labute approximate surface area is 175 Å². The first-order valence-electron chi connectivity index (χ1n) is 9.93. The fraction of sp³-hybridized carbons (Fsp3) is 0.200. The number of rotatable bonds is 4. The lowest BCUT2D eigenvalue weighted by Crippen LogP contribution is -2.20. The SMILES string of the molecule is CC(C)(C)c1ccc(-c2nc3ccccc3n2CC(=O)Nc2ccccc2F)cc1. The van der Waals surface area contributed by atoms with Gasteiger partial charge < -0.3 is 9.88 Å². The van der Waals surface area contributed by atoms with E-state index in [9.17, 15) is 9.18 Å². The highest BCUT2D eigenvalue weighted by Gasteiger charge is 2.18. The number of carbonyl (C=O) groups is 1. The minimum absolute atomic E-state index is 0.0329. The van der Waals surface area contributed by atoms with Gasteiger partial charge in [-0.25, -0.2) is 9.37 Å². The van der Waals surface area contributed by atoms with Crippen molar-refractivity contribution >= 4 is 22.6 Å². The zero-order chi connectivity index (χ0) is 21.3. The van der Waals surface area contributed by atoms with Gasteiger partial charge in [-0.15, -0.1) is 0 Å². The molecule has 0 fully saturated rings. The van der Waals surface area contributed by atoms with Crippen LogP contribution >= 0.6 is 0 Å². The number of nitrogens with one attached hydrogen (secondary N) is 1. The summed E-state index contributed by atoms with van der Waals surface area (Å²) in [5.41, 5.74) is 4.05. The molecule has 5 heteroatoms. The number of fused-ring (bicyclic) bond motifs is 1. The fourth-order valence-corrected chi connectivity index (χ4v) is 3.47. The van der Waals surface area contributed by atoms with Gasteiger partial charge in [0.1, 0.15) is 18.2 Å². The molecule has 4 aromatic rings. The molecule has 1 amide bonds. The number of nitrogens with zero attached hydrogens (tertiary/aromatic N) is 2. The molecule has 0 unspecified atom stereocenters. The van der Waals surface area contributed by atoms with E-state index in [0.717, 1.165) is 16.6 Å². The third-order valence-corrected chi connectivity index (χ3v) is 5.11. The summed E-state index contributed by atoms with van der Waals surface area (Å²) in [6.45, 7) is 6.55. The van der Waals surface area contributed by atoms with Crippen LogP contribution in [0.5, 0.6) is 0 Å². The van der Waals surface area contributed by atoms with Gasteiger partial charge in [0.2, 0.25) is 5.91 Å². The molecule has 30 heavy (non-hydrogen) atoms. The summed E-state index contributed by atoms with van der Waals surface area (Å²) in [6, 6.07) is 22.1. The van der Waals surface area contributed by atoms with Crippen molar-refractivity contribution in [1.29, 1.82) is 0 Å². The Balaban J connectivity index is 1.70. The maximum Gasteiger partial charge on any atom is 0.244 e. The summed E-state index contributed by atoms with van der Waals surface area (Å²) in [7, 11) is 0. The summed E-state index contributed by atoms with van der Waals surface area (Å²) in [5, 5.41) is 2.66. The Hall–Kier alpha value is -3.47. The zero-order valence-electron chi connectivity index (χ0n) is 17.3. The van der Waals surface area contributed by atoms with Crippen LogP contribution in [0.25, 0.3) is 22.4 Å². The van der Waals surface area contributed by atoms with Crippen molar-refractivity contribution in [3.8, 4) is 11.4 Å². The molecule has 0 saturated carbocycles. The molecule has 0 spiro atoms. The lowest BCUT2D eigenvalue weighted by molar-refractivity contribution is -0.116. The molecule has 0 atom stereocenters. The number of imidazole rings is 1. The summed E-state index contributed by atoms with van der Waals surface area (Å²) >= 11 is 0. The van der Waals surface area contributed by atoms with Gasteiger partial charge >= 0.3 is 0 Å². The van der Waals surface area contributed by atoms with Gasteiger partial charge in [-0.1, -0.05) is 69.3 Å². The highest BCUT2D eigenvalue weighted by molar-refractivity contribution is 5.92. The van der Waals surface area contributed by atoms with E-state index in [2.05, 4.69) is 38.2 Å². The van der Waals surface area contributed by atoms with Crippen LogP contribution in [0.3, 0.4) is 0 Å². The van der Waals surface area contributed by atoms with Gasteiger partial charge in [0.25, 0.3) is 0 Å². The van der Waals surface area contributed by atoms with E-state index in [4.69, 9.17) is 4.98 Å². The quantitative estimate of drug-likeness (QED) is 0.471. The van der Waals surface area contributed by atoms with Crippen molar-refractivity contribution in [2.24, 2.45) is 0 Å². The van der Waals surface area contributed by atoms with E-state index in [-0.39, 0.29) is 23.6 Å².